The number of hydrogen-bond acceptors (Lipinski definition) is 3. The molecule has 0 aliphatic heterocycles. The van der Waals surface area contributed by atoms with Gasteiger partial charge < -0.3 is 4.74 Å². The molecule has 0 aromatic heterocycles. The van der Waals surface area contributed by atoms with Crippen molar-refractivity contribution in [3.63, 3.8) is 0 Å². The standard InChI is InChI=1S/C10H7F2NO2/c1-6(14)15-9(5-13)10-7(11)3-2-4-8(10)12/h2-4,9H,1H3/t9-/m0/s1. The van der Waals surface area contributed by atoms with Crippen LogP contribution in [0.25, 0.3) is 0 Å². The number of hydrogen-bond donors (Lipinski definition) is 0. The highest BCUT2D eigenvalue weighted by Gasteiger charge is 2.22. The maximum atomic E-state index is 13.2. The quantitative estimate of drug-likeness (QED) is 0.704. The van der Waals surface area contributed by atoms with Crippen LogP contribution < -0.4 is 0 Å². The summed E-state index contributed by atoms with van der Waals surface area (Å²) in [4.78, 5) is 10.6. The van der Waals surface area contributed by atoms with Gasteiger partial charge in [0.15, 0.2) is 0 Å². The van der Waals surface area contributed by atoms with Crippen molar-refractivity contribution in [3.8, 4) is 6.07 Å². The van der Waals surface area contributed by atoms with Gasteiger partial charge in [-0.2, -0.15) is 5.26 Å². The molecule has 3 nitrogen and oxygen atoms in total. The molecule has 0 bridgehead atoms. The molecule has 1 aromatic rings. The van der Waals surface area contributed by atoms with Gasteiger partial charge in [0, 0.05) is 6.92 Å². The minimum Gasteiger partial charge on any atom is -0.442 e. The Kier molecular flexibility index (Phi) is 3.34. The first-order valence-electron chi connectivity index (χ1n) is 4.07. The van der Waals surface area contributed by atoms with Crippen LogP contribution in [0.15, 0.2) is 18.2 Å². The normalized spacial score (nSPS) is 11.6. The van der Waals surface area contributed by atoms with Gasteiger partial charge in [-0.15, -0.1) is 0 Å². The van der Waals surface area contributed by atoms with Crippen molar-refractivity contribution in [2.45, 2.75) is 13.0 Å². The molecule has 0 unspecified atom stereocenters. The molecule has 78 valence electrons. The lowest BCUT2D eigenvalue weighted by Crippen LogP contribution is -2.10. The summed E-state index contributed by atoms with van der Waals surface area (Å²) in [6.45, 7) is 1.06. The molecule has 15 heavy (non-hydrogen) atoms. The smallest absolute Gasteiger partial charge is 0.304 e. The van der Waals surface area contributed by atoms with Crippen molar-refractivity contribution in [3.05, 3.63) is 35.4 Å². The SMILES string of the molecule is CC(=O)O[C@@H](C#N)c1c(F)cccc1F. The third-order valence-electron chi connectivity index (χ3n) is 1.66. The maximum absolute atomic E-state index is 13.2. The summed E-state index contributed by atoms with van der Waals surface area (Å²) < 4.78 is 30.8. The number of esters is 1. The Labute approximate surface area is 84.9 Å². The first-order chi connectivity index (χ1) is 7.06. The molecule has 1 aromatic carbocycles. The predicted molar refractivity (Wildman–Crippen MR) is 46.5 cm³/mol. The summed E-state index contributed by atoms with van der Waals surface area (Å²) in [5.74, 6) is -2.60. The van der Waals surface area contributed by atoms with E-state index in [2.05, 4.69) is 4.74 Å². The van der Waals surface area contributed by atoms with E-state index in [1.54, 1.807) is 0 Å². The van der Waals surface area contributed by atoms with Gasteiger partial charge in [-0.3, -0.25) is 4.79 Å². The third-order valence-corrected chi connectivity index (χ3v) is 1.66. The van der Waals surface area contributed by atoms with E-state index in [0.717, 1.165) is 25.1 Å². The van der Waals surface area contributed by atoms with Crippen LogP contribution in [-0.4, -0.2) is 5.97 Å². The zero-order valence-electron chi connectivity index (χ0n) is 7.83. The van der Waals surface area contributed by atoms with Gasteiger partial charge in [0.1, 0.15) is 17.7 Å². The molecule has 0 aliphatic rings. The molecule has 0 radical (unpaired) electrons. The Morgan fingerprint density at radius 1 is 1.47 bits per heavy atom. The molecule has 0 aliphatic carbocycles. The van der Waals surface area contributed by atoms with Crippen LogP contribution >= 0.6 is 0 Å². The Balaban J connectivity index is 3.13. The summed E-state index contributed by atoms with van der Waals surface area (Å²) in [7, 11) is 0. The van der Waals surface area contributed by atoms with Crippen molar-refractivity contribution in [2.24, 2.45) is 0 Å². The molecule has 0 spiro atoms. The lowest BCUT2D eigenvalue weighted by atomic mass is 10.1. The maximum Gasteiger partial charge on any atom is 0.304 e. The van der Waals surface area contributed by atoms with Gasteiger partial charge in [-0.25, -0.2) is 8.78 Å². The predicted octanol–water partition coefficient (Wildman–Crippen LogP) is 2.09. The van der Waals surface area contributed by atoms with Gasteiger partial charge >= 0.3 is 5.97 Å². The molecule has 1 rings (SSSR count). The number of carbonyl (C=O) groups is 1. The number of rotatable bonds is 2. The zero-order valence-corrected chi connectivity index (χ0v) is 7.83. The zero-order chi connectivity index (χ0) is 11.4. The molecule has 0 saturated carbocycles. The van der Waals surface area contributed by atoms with Gasteiger partial charge in [-0.05, 0) is 12.1 Å². The largest absolute Gasteiger partial charge is 0.442 e. The van der Waals surface area contributed by atoms with Crippen molar-refractivity contribution in [2.75, 3.05) is 0 Å². The highest BCUT2D eigenvalue weighted by atomic mass is 19.1. The average molecular weight is 211 g/mol. The van der Waals surface area contributed by atoms with E-state index < -0.39 is 29.3 Å². The van der Waals surface area contributed by atoms with Crippen LogP contribution in [0.4, 0.5) is 8.78 Å². The number of nitriles is 1. The number of halogens is 2. The first kappa shape index (κ1) is 11.1. The van der Waals surface area contributed by atoms with Crippen molar-refractivity contribution in [1.29, 1.82) is 5.26 Å². The van der Waals surface area contributed by atoms with Crippen LogP contribution in [0.2, 0.25) is 0 Å². The minimum atomic E-state index is -1.55. The Morgan fingerprint density at radius 2 is 2.00 bits per heavy atom. The Hall–Kier alpha value is -1.96. The van der Waals surface area contributed by atoms with Crippen molar-refractivity contribution >= 4 is 5.97 Å². The van der Waals surface area contributed by atoms with Gasteiger partial charge in [0.2, 0.25) is 6.10 Å². The monoisotopic (exact) mass is 211 g/mol. The summed E-state index contributed by atoms with van der Waals surface area (Å²) >= 11 is 0. The van der Waals surface area contributed by atoms with E-state index in [0.29, 0.717) is 0 Å². The Bertz CT molecular complexity index is 406. The van der Waals surface area contributed by atoms with Gasteiger partial charge in [0.05, 0.1) is 5.56 Å². The highest BCUT2D eigenvalue weighted by Crippen LogP contribution is 2.23. The van der Waals surface area contributed by atoms with Crippen LogP contribution in [0.3, 0.4) is 0 Å². The van der Waals surface area contributed by atoms with E-state index in [1.807, 2.05) is 0 Å². The lowest BCUT2D eigenvalue weighted by molar-refractivity contribution is -0.144. The molecule has 0 fully saturated rings. The number of benzene rings is 1. The number of ether oxygens (including phenoxy) is 1. The Morgan fingerprint density at radius 3 is 2.40 bits per heavy atom. The highest BCUT2D eigenvalue weighted by molar-refractivity contribution is 5.66. The fourth-order valence-electron chi connectivity index (χ4n) is 1.08. The second kappa shape index (κ2) is 4.51. The molecule has 0 N–H and O–H groups in total. The van der Waals surface area contributed by atoms with Crippen molar-refractivity contribution < 1.29 is 18.3 Å². The second-order valence-corrected chi connectivity index (χ2v) is 2.75. The molecular formula is C10H7F2NO2. The van der Waals surface area contributed by atoms with Crippen LogP contribution in [0, 0.1) is 23.0 Å². The van der Waals surface area contributed by atoms with Crippen molar-refractivity contribution in [1.82, 2.24) is 0 Å². The van der Waals surface area contributed by atoms with Crippen LogP contribution in [0.1, 0.15) is 18.6 Å². The minimum absolute atomic E-state index is 0.546. The summed E-state index contributed by atoms with van der Waals surface area (Å²) in [6, 6.07) is 4.66. The fourth-order valence-corrected chi connectivity index (χ4v) is 1.08. The van der Waals surface area contributed by atoms with Crippen LogP contribution in [0.5, 0.6) is 0 Å². The van der Waals surface area contributed by atoms with Gasteiger partial charge in [0.25, 0.3) is 0 Å². The summed E-state index contributed by atoms with van der Waals surface area (Å²) in [5, 5.41) is 8.62. The van der Waals surface area contributed by atoms with E-state index in [4.69, 9.17) is 5.26 Å². The summed E-state index contributed by atoms with van der Waals surface area (Å²) in [6.07, 6.45) is -1.55. The molecule has 0 saturated heterocycles. The first-order valence-corrected chi connectivity index (χ1v) is 4.07. The lowest BCUT2D eigenvalue weighted by Gasteiger charge is -2.10. The number of nitrogens with zero attached hydrogens (tertiary/aromatic N) is 1. The third kappa shape index (κ3) is 2.50. The van der Waals surface area contributed by atoms with E-state index in [1.165, 1.54) is 6.07 Å². The molecule has 5 heteroatoms. The molecule has 1 atom stereocenters. The molecule has 0 amide bonds. The average Bonchev–Trinajstić information content (AvgIpc) is 2.15. The van der Waals surface area contributed by atoms with E-state index in [-0.39, 0.29) is 0 Å². The van der Waals surface area contributed by atoms with Gasteiger partial charge in [-0.1, -0.05) is 6.07 Å². The van der Waals surface area contributed by atoms with E-state index in [9.17, 15) is 13.6 Å². The van der Waals surface area contributed by atoms with Crippen LogP contribution in [-0.2, 0) is 9.53 Å². The molecule has 0 heterocycles. The fraction of sp³-hybridized carbons (Fsp3) is 0.200. The summed E-state index contributed by atoms with van der Waals surface area (Å²) in [5.41, 5.74) is -0.546. The number of carbonyl (C=O) groups excluding carboxylic acids is 1. The second-order valence-electron chi connectivity index (χ2n) is 2.75. The topological polar surface area (TPSA) is 50.1 Å². The van der Waals surface area contributed by atoms with E-state index >= 15 is 0 Å². The molecular weight excluding hydrogens is 204 g/mol.